The fourth-order valence-corrected chi connectivity index (χ4v) is 6.05. The lowest BCUT2D eigenvalue weighted by atomic mass is 9.65. The largest absolute Gasteiger partial charge is 0.493 e. The maximum absolute atomic E-state index is 13.4. The molecule has 1 spiro atoms. The predicted octanol–water partition coefficient (Wildman–Crippen LogP) is 4.13. The lowest BCUT2D eigenvalue weighted by Crippen LogP contribution is -2.62. The maximum atomic E-state index is 13.4. The highest BCUT2D eigenvalue weighted by atomic mass is 19.4. The lowest BCUT2D eigenvalue weighted by Gasteiger charge is -2.52. The first-order valence-electron chi connectivity index (χ1n) is 12.2. The standard InChI is InChI=1S/C26H33F3N2O5/c1-17(14-26(27,28)29)22(32)31-11-9-25(34,24(15-31)7-4-5-8-24)16-30-10-6-18-12-20(35-2)21(36-3)13-19(18)23(30)33/h6,10,12-13,17,34H,4-5,7-9,11,14-16H2,1-3H3/t17-,25?/m1/s1. The van der Waals surface area contributed by atoms with Gasteiger partial charge in [0, 0.05) is 30.6 Å². The Morgan fingerprint density at radius 3 is 2.39 bits per heavy atom. The number of likely N-dealkylation sites (tertiary alicyclic amines) is 1. The summed E-state index contributed by atoms with van der Waals surface area (Å²) in [5, 5.41) is 13.1. The zero-order chi connectivity index (χ0) is 26.3. The summed E-state index contributed by atoms with van der Waals surface area (Å²) in [4.78, 5) is 27.7. The second kappa shape index (κ2) is 9.61. The van der Waals surface area contributed by atoms with Crippen molar-refractivity contribution < 1.29 is 32.5 Å². The lowest BCUT2D eigenvalue weighted by molar-refractivity contribution is -0.172. The Balaban J connectivity index is 1.63. The molecule has 1 aliphatic heterocycles. The molecule has 1 amide bonds. The molecule has 0 bridgehead atoms. The molecule has 1 N–H and O–H groups in total. The van der Waals surface area contributed by atoms with Crippen LogP contribution < -0.4 is 15.0 Å². The van der Waals surface area contributed by atoms with Crippen LogP contribution in [0.4, 0.5) is 13.2 Å². The second-order valence-electron chi connectivity index (χ2n) is 10.3. The van der Waals surface area contributed by atoms with Crippen LogP contribution in [0.25, 0.3) is 10.8 Å². The molecule has 2 heterocycles. The molecular weight excluding hydrogens is 477 g/mol. The minimum absolute atomic E-state index is 0.0379. The van der Waals surface area contributed by atoms with Crippen LogP contribution >= 0.6 is 0 Å². The van der Waals surface area contributed by atoms with Crippen molar-refractivity contribution in [3.63, 3.8) is 0 Å². The molecule has 1 aromatic carbocycles. The minimum atomic E-state index is -4.42. The van der Waals surface area contributed by atoms with Gasteiger partial charge in [-0.05, 0) is 42.8 Å². The van der Waals surface area contributed by atoms with Crippen LogP contribution in [-0.2, 0) is 11.3 Å². The first-order valence-corrected chi connectivity index (χ1v) is 12.2. The van der Waals surface area contributed by atoms with Crippen molar-refractivity contribution in [3.05, 3.63) is 34.7 Å². The van der Waals surface area contributed by atoms with Crippen LogP contribution in [0.3, 0.4) is 0 Å². The predicted molar refractivity (Wildman–Crippen MR) is 128 cm³/mol. The van der Waals surface area contributed by atoms with E-state index in [4.69, 9.17) is 9.47 Å². The molecule has 0 radical (unpaired) electrons. The van der Waals surface area contributed by atoms with Crippen molar-refractivity contribution in [2.24, 2.45) is 11.3 Å². The Morgan fingerprint density at radius 2 is 1.78 bits per heavy atom. The van der Waals surface area contributed by atoms with Crippen molar-refractivity contribution in [2.75, 3.05) is 27.3 Å². The highest BCUT2D eigenvalue weighted by Crippen LogP contribution is 2.52. The third-order valence-corrected chi connectivity index (χ3v) is 8.02. The maximum Gasteiger partial charge on any atom is 0.389 e. The molecule has 1 saturated heterocycles. The summed E-state index contributed by atoms with van der Waals surface area (Å²) in [5.41, 5.74) is -2.24. The first kappa shape index (κ1) is 26.3. The number of amides is 1. The molecule has 1 unspecified atom stereocenters. The number of carbonyl (C=O) groups is 1. The monoisotopic (exact) mass is 510 g/mol. The average Bonchev–Trinajstić information content (AvgIpc) is 3.30. The van der Waals surface area contributed by atoms with E-state index in [1.54, 1.807) is 24.4 Å². The quantitative estimate of drug-likeness (QED) is 0.632. The van der Waals surface area contributed by atoms with E-state index >= 15 is 0 Å². The smallest absolute Gasteiger partial charge is 0.389 e. The van der Waals surface area contributed by atoms with Crippen LogP contribution in [0.5, 0.6) is 11.5 Å². The van der Waals surface area contributed by atoms with E-state index in [2.05, 4.69) is 0 Å². The van der Waals surface area contributed by atoms with Gasteiger partial charge in [-0.3, -0.25) is 9.59 Å². The molecule has 2 atom stereocenters. The number of aromatic nitrogens is 1. The molecule has 4 rings (SSSR count). The molecule has 36 heavy (non-hydrogen) atoms. The van der Waals surface area contributed by atoms with Gasteiger partial charge in [0.2, 0.25) is 5.91 Å². The van der Waals surface area contributed by atoms with E-state index < -0.39 is 35.4 Å². The van der Waals surface area contributed by atoms with Crippen LogP contribution in [-0.4, -0.2) is 59.6 Å². The topological polar surface area (TPSA) is 81.0 Å². The van der Waals surface area contributed by atoms with Gasteiger partial charge in [0.15, 0.2) is 11.5 Å². The number of hydrogen-bond donors (Lipinski definition) is 1. The number of methoxy groups -OCH3 is 2. The summed E-state index contributed by atoms with van der Waals surface area (Å²) in [5.74, 6) is -0.789. The number of benzene rings is 1. The van der Waals surface area contributed by atoms with Crippen molar-refractivity contribution in [2.45, 2.75) is 63.8 Å². The van der Waals surface area contributed by atoms with E-state index in [9.17, 15) is 27.9 Å². The molecule has 1 saturated carbocycles. The number of rotatable bonds is 6. The number of pyridine rings is 1. The highest BCUT2D eigenvalue weighted by molar-refractivity contribution is 5.85. The molecule has 7 nitrogen and oxygen atoms in total. The van der Waals surface area contributed by atoms with Crippen molar-refractivity contribution in [1.82, 2.24) is 9.47 Å². The third-order valence-electron chi connectivity index (χ3n) is 8.02. The number of fused-ring (bicyclic) bond motifs is 1. The Morgan fingerprint density at radius 1 is 1.14 bits per heavy atom. The molecule has 2 aromatic rings. The SMILES string of the molecule is COc1cc2ccn(CC3(O)CCN(C(=O)[C@H](C)CC(F)(F)F)CC34CCCC4)c(=O)c2cc1OC. The van der Waals surface area contributed by atoms with Crippen LogP contribution in [0.1, 0.15) is 45.4 Å². The molecule has 2 fully saturated rings. The molecular formula is C26H33F3N2O5. The van der Waals surface area contributed by atoms with Gasteiger partial charge in [-0.1, -0.05) is 19.8 Å². The van der Waals surface area contributed by atoms with Gasteiger partial charge in [-0.25, -0.2) is 0 Å². The van der Waals surface area contributed by atoms with E-state index in [-0.39, 0.29) is 31.6 Å². The van der Waals surface area contributed by atoms with Crippen LogP contribution in [0, 0.1) is 11.3 Å². The number of piperidine rings is 1. The zero-order valence-electron chi connectivity index (χ0n) is 20.9. The van der Waals surface area contributed by atoms with Gasteiger partial charge in [-0.2, -0.15) is 13.2 Å². The first-order chi connectivity index (χ1) is 16.9. The number of aliphatic hydroxyl groups is 1. The normalized spacial score (nSPS) is 22.7. The summed E-state index contributed by atoms with van der Waals surface area (Å²) in [6, 6.07) is 5.12. The number of ether oxygens (including phenoxy) is 2. The summed E-state index contributed by atoms with van der Waals surface area (Å²) >= 11 is 0. The summed E-state index contributed by atoms with van der Waals surface area (Å²) < 4.78 is 50.8. The number of alkyl halides is 3. The Kier molecular flexibility index (Phi) is 7.02. The van der Waals surface area contributed by atoms with Gasteiger partial charge in [0.1, 0.15) is 0 Å². The summed E-state index contributed by atoms with van der Waals surface area (Å²) in [6.07, 6.45) is -0.754. The van der Waals surface area contributed by atoms with Gasteiger partial charge in [0.05, 0.1) is 38.2 Å². The van der Waals surface area contributed by atoms with Crippen LogP contribution in [0.15, 0.2) is 29.2 Å². The van der Waals surface area contributed by atoms with Crippen molar-refractivity contribution in [3.8, 4) is 11.5 Å². The fraction of sp³-hybridized carbons (Fsp3) is 0.615. The minimum Gasteiger partial charge on any atom is -0.493 e. The van der Waals surface area contributed by atoms with Crippen molar-refractivity contribution >= 4 is 16.7 Å². The Labute approximate surface area is 207 Å². The number of hydrogen-bond acceptors (Lipinski definition) is 5. The Bertz CT molecular complexity index is 1190. The second-order valence-corrected chi connectivity index (χ2v) is 10.3. The number of carbonyl (C=O) groups excluding carboxylic acids is 1. The summed E-state index contributed by atoms with van der Waals surface area (Å²) in [6.45, 7) is 1.68. The zero-order valence-corrected chi connectivity index (χ0v) is 20.9. The fourth-order valence-electron chi connectivity index (χ4n) is 6.05. The van der Waals surface area contributed by atoms with E-state index in [0.717, 1.165) is 12.8 Å². The number of nitrogens with zero attached hydrogens (tertiary/aromatic N) is 2. The number of halogens is 3. The molecule has 1 aliphatic carbocycles. The molecule has 10 heteroatoms. The van der Waals surface area contributed by atoms with E-state index in [1.807, 2.05) is 0 Å². The van der Waals surface area contributed by atoms with Crippen LogP contribution in [0.2, 0.25) is 0 Å². The third kappa shape index (κ3) is 4.79. The van der Waals surface area contributed by atoms with Gasteiger partial charge >= 0.3 is 6.18 Å². The van der Waals surface area contributed by atoms with Crippen molar-refractivity contribution in [1.29, 1.82) is 0 Å². The molecule has 2 aliphatic rings. The summed E-state index contributed by atoms with van der Waals surface area (Å²) in [7, 11) is 3.00. The Hall–Kier alpha value is -2.75. The van der Waals surface area contributed by atoms with Gasteiger partial charge in [-0.15, -0.1) is 0 Å². The van der Waals surface area contributed by atoms with Gasteiger partial charge < -0.3 is 24.0 Å². The van der Waals surface area contributed by atoms with Gasteiger partial charge in [0.25, 0.3) is 5.56 Å². The highest BCUT2D eigenvalue weighted by Gasteiger charge is 2.56. The average molecular weight is 511 g/mol. The van der Waals surface area contributed by atoms with E-state index in [0.29, 0.717) is 35.1 Å². The molecule has 198 valence electrons. The van der Waals surface area contributed by atoms with E-state index in [1.165, 1.54) is 30.6 Å². The molecule has 1 aromatic heterocycles.